The van der Waals surface area contributed by atoms with Crippen molar-refractivity contribution in [3.05, 3.63) is 31.3 Å². The average molecular weight is 1050 g/mol. The second-order valence-electron chi connectivity index (χ2n) is 21.9. The lowest BCUT2D eigenvalue weighted by Crippen LogP contribution is -2.67. The third kappa shape index (κ3) is 10.7. The monoisotopic (exact) mass is 1050 g/mol. The molecule has 0 aromatic heterocycles. The van der Waals surface area contributed by atoms with Crippen molar-refractivity contribution in [1.29, 1.82) is 0 Å². The zero-order chi connectivity index (χ0) is 52.9. The van der Waals surface area contributed by atoms with Gasteiger partial charge in [-0.3, -0.25) is 9.80 Å². The number of aliphatic hydroxyl groups excluding tert-OH is 8. The van der Waals surface area contributed by atoms with Gasteiger partial charge in [-0.2, -0.15) is 0 Å². The molecule has 0 amide bonds. The molecule has 4 unspecified atom stereocenters. The Hall–Kier alpha value is -2.95. The lowest BCUT2D eigenvalue weighted by atomic mass is 9.81. The van der Waals surface area contributed by atoms with E-state index < -0.39 is 202 Å². The molecule has 9 fully saturated rings. The van der Waals surface area contributed by atoms with E-state index in [2.05, 4.69) is 30.1 Å². The molecule has 410 valence electrons. The maximum atomic E-state index is 12.1. The van der Waals surface area contributed by atoms with E-state index in [-0.39, 0.29) is 6.42 Å². The summed E-state index contributed by atoms with van der Waals surface area (Å²) in [6.07, 6.45) is -27.4. The third-order valence-corrected chi connectivity index (χ3v) is 14.9. The van der Waals surface area contributed by atoms with Crippen LogP contribution in [0.3, 0.4) is 0 Å². The van der Waals surface area contributed by atoms with E-state index in [1.54, 1.807) is 55.4 Å². The van der Waals surface area contributed by atoms with E-state index in [9.17, 15) is 57.4 Å². The highest BCUT2D eigenvalue weighted by molar-refractivity contribution is 5.09. The van der Waals surface area contributed by atoms with E-state index >= 15 is 0 Å². The maximum absolute atomic E-state index is 12.1. The molecule has 0 bridgehead atoms. The fraction of sp³-hybridized carbons (Fsp3) is 1.00. The van der Waals surface area contributed by atoms with Gasteiger partial charge in [0, 0.05) is 53.0 Å². The Bertz CT molecular complexity index is 2090. The molecule has 9 aliphatic rings. The highest BCUT2D eigenvalue weighted by atomic mass is 16.9. The summed E-state index contributed by atoms with van der Waals surface area (Å²) in [5.41, 5.74) is 28.8. The zero-order valence-corrected chi connectivity index (χ0v) is 41.4. The minimum Gasteiger partial charge on any atom is -0.389 e. The quantitative estimate of drug-likeness (QED) is 0.0451. The number of azide groups is 3. The van der Waals surface area contributed by atoms with E-state index in [4.69, 9.17) is 56.8 Å². The van der Waals surface area contributed by atoms with Crippen LogP contribution in [0.5, 0.6) is 0 Å². The van der Waals surface area contributed by atoms with Gasteiger partial charge >= 0.3 is 0 Å². The smallest absolute Gasteiger partial charge is 0.190 e. The van der Waals surface area contributed by atoms with E-state index in [1.807, 2.05) is 0 Å². The van der Waals surface area contributed by atoms with Gasteiger partial charge in [-0.05, 0) is 78.4 Å². The summed E-state index contributed by atoms with van der Waals surface area (Å²) in [6, 6.07) is -6.14. The van der Waals surface area contributed by atoms with Gasteiger partial charge in [0.1, 0.15) is 42.7 Å². The predicted molar refractivity (Wildman–Crippen MR) is 237 cm³/mol. The Morgan fingerprint density at radius 2 is 0.699 bits per heavy atom. The Kier molecular flexibility index (Phi) is 15.4. The fourth-order valence-corrected chi connectivity index (χ4v) is 11.9. The molecule has 73 heavy (non-hydrogen) atoms. The number of fused-ring (bicyclic) bond motifs is 4. The maximum Gasteiger partial charge on any atom is 0.190 e. The molecular weight excluding hydrogens is 979 g/mol. The van der Waals surface area contributed by atoms with Gasteiger partial charge in [0.15, 0.2) is 48.3 Å². The van der Waals surface area contributed by atoms with Crippen molar-refractivity contribution in [3.63, 3.8) is 0 Å². The second kappa shape index (κ2) is 20.4. The second-order valence-corrected chi connectivity index (χ2v) is 21.9. The van der Waals surface area contributed by atoms with Gasteiger partial charge in [-0.25, -0.2) is 0 Å². The summed E-state index contributed by atoms with van der Waals surface area (Å²) in [5, 5.41) is 107. The van der Waals surface area contributed by atoms with Crippen molar-refractivity contribution in [3.8, 4) is 0 Å². The summed E-state index contributed by atoms with van der Waals surface area (Å²) >= 11 is 0. The SMILES string of the molecule is CC1(C)O[C@@H]2O[C@@H](C(O)CN(CC(O)[C@H]3O[C@@H]4OC(C)(C)O[C@@H]4[C@H]3N=[N+]=[N-])[C@@H]3C[C@H](N(CC(O)[C@H]4O[C@@H]5OC(C)(C)O[C@@H]5[C@H]4N=[N+]=[N-])CC(O)[C@@H]4O[C@H]5OC(C)(C)O[C@H]5[C@@H]4N=[N+]=[N-])[C@@H](O)[C@H](O)[C@H]3O)[C@@H](O)[C@@H]2O1. The van der Waals surface area contributed by atoms with Crippen LogP contribution in [0.4, 0.5) is 0 Å². The Morgan fingerprint density at radius 1 is 0.425 bits per heavy atom. The van der Waals surface area contributed by atoms with Gasteiger partial charge in [0.2, 0.25) is 0 Å². The first kappa shape index (κ1) is 54.8. The standard InChI is InChI=1S/C42H67N11O20/c1-39(2)66-31-20(46-49-43)27(62-35(31)70-39)16(54)10-52(11-17(55)28-21(47-50-44)32-36(63-28)71-40(3,4)67-32)14-9-15(24(59)25(60)23(14)58)53(13-19(57)30-26(61)34-38(65-30)73-42(7,8)69-34)12-18(56)29-22(48-51-45)33-37(64-29)72-41(5,6)68-33/h14-38,54-61H,9-13H2,1-8H3/t14-,15+,16?,17?,18?,19?,20-,21+,22-,23+,24-,25-,26+,27+,28-,29+,30-,31+,32-,33+,34-,35+,36-,37+,38-/m0/s1. The highest BCUT2D eigenvalue weighted by Crippen LogP contribution is 2.45. The minimum absolute atomic E-state index is 0.358. The van der Waals surface area contributed by atoms with Crippen molar-refractivity contribution in [2.45, 2.75) is 238 Å². The lowest BCUT2D eigenvalue weighted by molar-refractivity contribution is -0.229. The van der Waals surface area contributed by atoms with Crippen molar-refractivity contribution in [2.75, 3.05) is 26.2 Å². The molecule has 0 aromatic carbocycles. The molecular formula is C42H67N11O20. The van der Waals surface area contributed by atoms with Crippen LogP contribution in [0.1, 0.15) is 61.8 Å². The molecule has 9 rings (SSSR count). The number of aliphatic hydroxyl groups is 8. The van der Waals surface area contributed by atoms with Crippen molar-refractivity contribution < 1.29 is 97.7 Å². The predicted octanol–water partition coefficient (Wildman–Crippen LogP) is -1.84. The molecule has 31 nitrogen and oxygen atoms in total. The molecule has 1 saturated carbocycles. The first-order chi connectivity index (χ1) is 34.2. The van der Waals surface area contributed by atoms with Crippen LogP contribution in [0.25, 0.3) is 31.3 Å². The van der Waals surface area contributed by atoms with E-state index in [0.717, 1.165) is 0 Å². The van der Waals surface area contributed by atoms with Crippen LogP contribution in [0, 0.1) is 0 Å². The lowest BCUT2D eigenvalue weighted by Gasteiger charge is -2.50. The Labute approximate surface area is 417 Å². The zero-order valence-electron chi connectivity index (χ0n) is 41.4. The first-order valence-electron chi connectivity index (χ1n) is 24.3. The fourth-order valence-electron chi connectivity index (χ4n) is 11.9. The molecule has 8 saturated heterocycles. The summed E-state index contributed by atoms with van der Waals surface area (Å²) in [7, 11) is 0. The van der Waals surface area contributed by atoms with Gasteiger partial charge in [-0.1, -0.05) is 15.3 Å². The average Bonchev–Trinajstić information content (AvgIpc) is 4.17. The number of hydrogen-bond donors (Lipinski definition) is 8. The molecule has 31 heteroatoms. The summed E-state index contributed by atoms with van der Waals surface area (Å²) in [5.74, 6) is -4.51. The normalized spacial score (nSPS) is 46.2. The van der Waals surface area contributed by atoms with Gasteiger partial charge in [0.25, 0.3) is 0 Å². The summed E-state index contributed by atoms with van der Waals surface area (Å²) in [4.78, 5) is 11.6. The summed E-state index contributed by atoms with van der Waals surface area (Å²) in [6.45, 7) is 11.0. The van der Waals surface area contributed by atoms with Crippen LogP contribution in [-0.4, -0.2) is 253 Å². The van der Waals surface area contributed by atoms with Crippen molar-refractivity contribution in [1.82, 2.24) is 9.80 Å². The van der Waals surface area contributed by atoms with Crippen LogP contribution >= 0.6 is 0 Å². The number of nitrogens with zero attached hydrogens (tertiary/aromatic N) is 11. The van der Waals surface area contributed by atoms with Gasteiger partial charge < -0.3 is 97.7 Å². The van der Waals surface area contributed by atoms with Crippen molar-refractivity contribution >= 4 is 0 Å². The molecule has 0 aromatic rings. The first-order valence-corrected chi connectivity index (χ1v) is 24.3. The molecule has 1 aliphatic carbocycles. The highest BCUT2D eigenvalue weighted by Gasteiger charge is 2.61. The molecule has 0 radical (unpaired) electrons. The molecule has 25 atom stereocenters. The van der Waals surface area contributed by atoms with Crippen LogP contribution in [0.2, 0.25) is 0 Å². The van der Waals surface area contributed by atoms with E-state index in [1.165, 1.54) is 9.80 Å². The molecule has 8 N–H and O–H groups in total. The molecule has 8 aliphatic heterocycles. The summed E-state index contributed by atoms with van der Waals surface area (Å²) < 4.78 is 71.4. The van der Waals surface area contributed by atoms with Crippen LogP contribution < -0.4 is 0 Å². The number of rotatable bonds is 17. The number of hydrogen-bond acceptors (Lipinski definition) is 25. The molecule has 0 spiro atoms. The van der Waals surface area contributed by atoms with Crippen LogP contribution in [0.15, 0.2) is 15.3 Å². The van der Waals surface area contributed by atoms with Gasteiger partial charge in [-0.15, -0.1) is 0 Å². The topological polar surface area (TPSA) is 425 Å². The van der Waals surface area contributed by atoms with Crippen molar-refractivity contribution in [2.24, 2.45) is 15.3 Å². The Balaban J connectivity index is 1.03. The minimum atomic E-state index is -2.00. The molecule has 8 heterocycles. The van der Waals surface area contributed by atoms with E-state index in [0.29, 0.717) is 0 Å². The number of ether oxygens (including phenoxy) is 12. The third-order valence-electron chi connectivity index (χ3n) is 14.9. The largest absolute Gasteiger partial charge is 0.389 e. The van der Waals surface area contributed by atoms with Gasteiger partial charge in [0.05, 0.1) is 73.1 Å². The van der Waals surface area contributed by atoms with Crippen LogP contribution in [-0.2, 0) is 56.8 Å². The Morgan fingerprint density at radius 3 is 1.00 bits per heavy atom.